The maximum Gasteiger partial charge on any atom is 0.251 e. The topological polar surface area (TPSA) is 89.3 Å². The minimum atomic E-state index is -3.05. The third-order valence-corrected chi connectivity index (χ3v) is 3.33. The number of sulfone groups is 1. The lowest BCUT2D eigenvalue weighted by molar-refractivity contribution is 0.0956. The molecule has 0 saturated heterocycles. The minimum absolute atomic E-state index is 0.0543. The van der Waals surface area contributed by atoms with Gasteiger partial charge in [-0.05, 0) is 30.7 Å². The van der Waals surface area contributed by atoms with Crippen molar-refractivity contribution in [3.05, 3.63) is 35.4 Å². The van der Waals surface area contributed by atoms with Crippen LogP contribution < -0.4 is 11.1 Å². The van der Waals surface area contributed by atoms with Crippen LogP contribution in [0, 0.1) is 0 Å². The van der Waals surface area contributed by atoms with Crippen molar-refractivity contribution in [1.82, 2.24) is 5.32 Å². The summed E-state index contributed by atoms with van der Waals surface area (Å²) in [5.74, 6) is -0.321. The first-order chi connectivity index (χ1) is 8.42. The smallest absolute Gasteiger partial charge is 0.251 e. The fourth-order valence-corrected chi connectivity index (χ4v) is 1.96. The van der Waals surface area contributed by atoms with Crippen LogP contribution in [-0.2, 0) is 16.3 Å². The summed E-state index contributed by atoms with van der Waals surface area (Å²) in [6.45, 7) is 0.651. The zero-order chi connectivity index (χ0) is 13.6. The van der Waals surface area contributed by atoms with E-state index < -0.39 is 9.84 Å². The maximum absolute atomic E-state index is 11.7. The van der Waals surface area contributed by atoms with E-state index >= 15 is 0 Å². The number of benzene rings is 1. The summed E-state index contributed by atoms with van der Waals surface area (Å²) in [6.07, 6.45) is 1.85. The number of carbonyl (C=O) groups is 1. The van der Waals surface area contributed by atoms with Gasteiger partial charge >= 0.3 is 0 Å². The Balaban J connectivity index is 2.58. The van der Waals surface area contributed by atoms with Crippen LogP contribution in [-0.4, -0.2) is 39.4 Å². The third-order valence-electron chi connectivity index (χ3n) is 2.38. The molecule has 5 nitrogen and oxygen atoms in total. The summed E-state index contributed by atoms with van der Waals surface area (Å²) in [4.78, 5) is 11.7. The van der Waals surface area contributed by atoms with Gasteiger partial charge in [0, 0.05) is 18.4 Å². The molecule has 0 aliphatic rings. The summed E-state index contributed by atoms with van der Waals surface area (Å²) >= 11 is 0. The van der Waals surface area contributed by atoms with E-state index in [4.69, 9.17) is 5.73 Å². The van der Waals surface area contributed by atoms with Crippen LogP contribution in [0.2, 0.25) is 0 Å². The summed E-state index contributed by atoms with van der Waals surface area (Å²) in [6, 6.07) is 7.15. The van der Waals surface area contributed by atoms with E-state index in [0.717, 1.165) is 11.8 Å². The van der Waals surface area contributed by atoms with Crippen molar-refractivity contribution in [3.8, 4) is 0 Å². The average Bonchev–Trinajstić information content (AvgIpc) is 2.28. The average molecular weight is 270 g/mol. The molecule has 1 aromatic rings. The van der Waals surface area contributed by atoms with Gasteiger partial charge in [0.1, 0.15) is 9.84 Å². The second kappa shape index (κ2) is 6.51. The number of hydrogen-bond donors (Lipinski definition) is 2. The van der Waals surface area contributed by atoms with E-state index in [1.807, 2.05) is 6.07 Å². The molecule has 6 heteroatoms. The standard InChI is InChI=1S/C12H18N2O3S/c1-18(16,17)8-7-14-12(15)11-4-2-3-10(9-11)5-6-13/h2-4,9H,5-8,13H2,1H3,(H,14,15). The number of nitrogens with one attached hydrogen (secondary N) is 1. The van der Waals surface area contributed by atoms with Gasteiger partial charge in [0.05, 0.1) is 5.75 Å². The molecule has 100 valence electrons. The highest BCUT2D eigenvalue weighted by molar-refractivity contribution is 7.90. The molecule has 0 heterocycles. The number of rotatable bonds is 6. The number of nitrogens with two attached hydrogens (primary N) is 1. The first kappa shape index (κ1) is 14.7. The summed E-state index contributed by atoms with van der Waals surface area (Å²) in [5.41, 5.74) is 6.96. The number of carbonyl (C=O) groups excluding carboxylic acids is 1. The molecule has 1 amide bonds. The highest BCUT2D eigenvalue weighted by Gasteiger charge is 2.07. The molecule has 0 saturated carbocycles. The predicted octanol–water partition coefficient (Wildman–Crippen LogP) is -0.0378. The Morgan fingerprint density at radius 3 is 2.72 bits per heavy atom. The Bertz CT molecular complexity index is 512. The zero-order valence-electron chi connectivity index (χ0n) is 10.3. The van der Waals surface area contributed by atoms with Crippen LogP contribution in [0.1, 0.15) is 15.9 Å². The molecule has 0 aromatic heterocycles. The lowest BCUT2D eigenvalue weighted by Crippen LogP contribution is -2.28. The molecule has 1 rings (SSSR count). The Labute approximate surface area is 107 Å². The van der Waals surface area contributed by atoms with Gasteiger partial charge in [0.15, 0.2) is 0 Å². The molecule has 0 fully saturated rings. The van der Waals surface area contributed by atoms with Crippen LogP contribution in [0.15, 0.2) is 24.3 Å². The highest BCUT2D eigenvalue weighted by Crippen LogP contribution is 2.05. The maximum atomic E-state index is 11.7. The van der Waals surface area contributed by atoms with E-state index in [2.05, 4.69) is 5.32 Å². The van der Waals surface area contributed by atoms with E-state index in [-0.39, 0.29) is 18.2 Å². The Kier molecular flexibility index (Phi) is 5.30. The normalized spacial score (nSPS) is 11.2. The van der Waals surface area contributed by atoms with Crippen molar-refractivity contribution in [2.45, 2.75) is 6.42 Å². The van der Waals surface area contributed by atoms with Crippen molar-refractivity contribution < 1.29 is 13.2 Å². The lowest BCUT2D eigenvalue weighted by Gasteiger charge is -2.06. The van der Waals surface area contributed by atoms with Gasteiger partial charge in [-0.25, -0.2) is 8.42 Å². The van der Waals surface area contributed by atoms with Gasteiger partial charge < -0.3 is 11.1 Å². The van der Waals surface area contributed by atoms with E-state index in [0.29, 0.717) is 18.5 Å². The fourth-order valence-electron chi connectivity index (χ4n) is 1.49. The summed E-state index contributed by atoms with van der Waals surface area (Å²) in [7, 11) is -3.05. The van der Waals surface area contributed by atoms with Crippen molar-refractivity contribution in [3.63, 3.8) is 0 Å². The van der Waals surface area contributed by atoms with Gasteiger partial charge in [-0.1, -0.05) is 12.1 Å². The second-order valence-electron chi connectivity index (χ2n) is 4.12. The molecule has 1 aromatic carbocycles. The molecular weight excluding hydrogens is 252 g/mol. The Hall–Kier alpha value is -1.40. The van der Waals surface area contributed by atoms with Gasteiger partial charge in [0.25, 0.3) is 5.91 Å². The number of hydrogen-bond acceptors (Lipinski definition) is 4. The molecule has 0 aliphatic carbocycles. The van der Waals surface area contributed by atoms with Gasteiger partial charge in [-0.3, -0.25) is 4.79 Å². The van der Waals surface area contributed by atoms with E-state index in [9.17, 15) is 13.2 Å². The van der Waals surface area contributed by atoms with Gasteiger partial charge in [-0.15, -0.1) is 0 Å². The van der Waals surface area contributed by atoms with Crippen molar-refractivity contribution in [2.24, 2.45) is 5.73 Å². The van der Waals surface area contributed by atoms with Crippen molar-refractivity contribution in [1.29, 1.82) is 0 Å². The minimum Gasteiger partial charge on any atom is -0.351 e. The van der Waals surface area contributed by atoms with Crippen LogP contribution in [0.3, 0.4) is 0 Å². The van der Waals surface area contributed by atoms with Gasteiger partial charge in [0.2, 0.25) is 0 Å². The lowest BCUT2D eigenvalue weighted by atomic mass is 10.1. The molecular formula is C12H18N2O3S. The molecule has 0 atom stereocenters. The number of amides is 1. The van der Waals surface area contributed by atoms with E-state index in [1.54, 1.807) is 18.2 Å². The molecule has 0 spiro atoms. The van der Waals surface area contributed by atoms with Crippen LogP contribution in [0.5, 0.6) is 0 Å². The van der Waals surface area contributed by atoms with Crippen molar-refractivity contribution >= 4 is 15.7 Å². The molecule has 3 N–H and O–H groups in total. The van der Waals surface area contributed by atoms with Gasteiger partial charge in [-0.2, -0.15) is 0 Å². The molecule has 0 unspecified atom stereocenters. The third kappa shape index (κ3) is 5.29. The SMILES string of the molecule is CS(=O)(=O)CCNC(=O)c1cccc(CCN)c1. The fraction of sp³-hybridized carbons (Fsp3) is 0.417. The largest absolute Gasteiger partial charge is 0.351 e. The van der Waals surface area contributed by atoms with Crippen LogP contribution in [0.4, 0.5) is 0 Å². The molecule has 0 bridgehead atoms. The molecule has 0 radical (unpaired) electrons. The summed E-state index contributed by atoms with van der Waals surface area (Å²) < 4.78 is 21.8. The highest BCUT2D eigenvalue weighted by atomic mass is 32.2. The predicted molar refractivity (Wildman–Crippen MR) is 71.2 cm³/mol. The zero-order valence-corrected chi connectivity index (χ0v) is 11.2. The van der Waals surface area contributed by atoms with E-state index in [1.165, 1.54) is 0 Å². The molecule has 0 aliphatic heterocycles. The second-order valence-corrected chi connectivity index (χ2v) is 6.38. The van der Waals surface area contributed by atoms with Crippen LogP contribution in [0.25, 0.3) is 0 Å². The van der Waals surface area contributed by atoms with Crippen molar-refractivity contribution in [2.75, 3.05) is 25.1 Å². The first-order valence-electron chi connectivity index (χ1n) is 5.67. The molecule has 18 heavy (non-hydrogen) atoms. The summed E-state index contributed by atoms with van der Waals surface area (Å²) in [5, 5.41) is 2.58. The van der Waals surface area contributed by atoms with Crippen LogP contribution >= 0.6 is 0 Å². The Morgan fingerprint density at radius 1 is 1.39 bits per heavy atom. The first-order valence-corrected chi connectivity index (χ1v) is 7.73. The quantitative estimate of drug-likeness (QED) is 0.759. The Morgan fingerprint density at radius 2 is 2.11 bits per heavy atom. The monoisotopic (exact) mass is 270 g/mol.